The lowest BCUT2D eigenvalue weighted by Crippen LogP contribution is -2.31. The lowest BCUT2D eigenvalue weighted by molar-refractivity contribution is 0.0773. The molecule has 1 fully saturated rings. The lowest BCUT2D eigenvalue weighted by Gasteiger charge is -2.34. The van der Waals surface area contributed by atoms with Crippen LogP contribution in [0.3, 0.4) is 0 Å². The number of carbonyl (C=O) groups is 2. The van der Waals surface area contributed by atoms with Gasteiger partial charge in [0.15, 0.2) is 11.6 Å². The predicted molar refractivity (Wildman–Crippen MR) is 156 cm³/mol. The Morgan fingerprint density at radius 2 is 0.718 bits per heavy atom. The lowest BCUT2D eigenvalue weighted by atomic mass is 9.75. The third-order valence-corrected chi connectivity index (χ3v) is 7.73. The highest BCUT2D eigenvalue weighted by atomic mass is 16.1. The molecule has 1 heterocycles. The van der Waals surface area contributed by atoms with Gasteiger partial charge in [-0.25, -0.2) is 0 Å². The summed E-state index contributed by atoms with van der Waals surface area (Å²) >= 11 is 0. The Balaban J connectivity index is 1.64. The van der Waals surface area contributed by atoms with Crippen LogP contribution < -0.4 is 4.90 Å². The van der Waals surface area contributed by atoms with Gasteiger partial charge in [0.05, 0.1) is 23.9 Å². The van der Waals surface area contributed by atoms with Crippen LogP contribution in [0.15, 0.2) is 152 Å². The monoisotopic (exact) mass is 507 g/mol. The number of anilines is 1. The molecule has 0 aliphatic carbocycles. The van der Waals surface area contributed by atoms with E-state index in [1.807, 2.05) is 115 Å². The van der Waals surface area contributed by atoms with Crippen molar-refractivity contribution < 1.29 is 9.59 Å². The van der Waals surface area contributed by atoms with E-state index >= 15 is 0 Å². The zero-order valence-corrected chi connectivity index (χ0v) is 21.5. The van der Waals surface area contributed by atoms with E-state index in [9.17, 15) is 9.59 Å². The number of Topliss-reactive ketones (excluding diaryl/α,β-unsaturated/α-hetero) is 2. The first kappa shape index (κ1) is 24.6. The fourth-order valence-corrected chi connectivity index (χ4v) is 6.07. The molecule has 6 rings (SSSR count). The maximum atomic E-state index is 14.6. The second kappa shape index (κ2) is 10.9. The van der Waals surface area contributed by atoms with Gasteiger partial charge in [0.25, 0.3) is 0 Å². The zero-order chi connectivity index (χ0) is 26.6. The van der Waals surface area contributed by atoms with Crippen molar-refractivity contribution in [2.75, 3.05) is 4.90 Å². The van der Waals surface area contributed by atoms with E-state index < -0.39 is 11.8 Å². The van der Waals surface area contributed by atoms with Crippen molar-refractivity contribution in [2.45, 2.75) is 12.1 Å². The molecule has 0 saturated carbocycles. The Bertz CT molecular complexity index is 1440. The molecular formula is C36H29NO2. The zero-order valence-electron chi connectivity index (χ0n) is 21.5. The molecule has 4 atom stereocenters. The molecule has 0 spiro atoms. The van der Waals surface area contributed by atoms with Gasteiger partial charge in [0.1, 0.15) is 0 Å². The fraction of sp³-hybridized carbons (Fsp3) is 0.111. The topological polar surface area (TPSA) is 37.4 Å². The molecule has 0 unspecified atom stereocenters. The average molecular weight is 508 g/mol. The predicted octanol–water partition coefficient (Wildman–Crippen LogP) is 7.99. The van der Waals surface area contributed by atoms with Gasteiger partial charge in [-0.15, -0.1) is 0 Å². The smallest absolute Gasteiger partial charge is 0.169 e. The van der Waals surface area contributed by atoms with Crippen molar-refractivity contribution in [1.82, 2.24) is 0 Å². The standard InChI is InChI=1S/C36H29NO2/c38-35(28-20-10-3-11-21-28)31-32(36(39)29-22-12-4-13-23-29)34(27-18-8-2-9-19-27)37(30-24-14-5-15-25-30)33(31)26-16-6-1-7-17-26/h1-25,31-34H/t31-,32-,33-,34-/m0/s1. The van der Waals surface area contributed by atoms with Crippen molar-refractivity contribution in [2.24, 2.45) is 11.8 Å². The number of para-hydroxylation sites is 1. The summed E-state index contributed by atoms with van der Waals surface area (Å²) in [5, 5.41) is 0. The van der Waals surface area contributed by atoms with Crippen LogP contribution in [0.5, 0.6) is 0 Å². The average Bonchev–Trinajstić information content (AvgIpc) is 3.38. The minimum Gasteiger partial charge on any atom is -0.356 e. The van der Waals surface area contributed by atoms with Crippen LogP contribution in [-0.4, -0.2) is 11.6 Å². The Labute approximate surface area is 229 Å². The molecular weight excluding hydrogens is 478 g/mol. The van der Waals surface area contributed by atoms with Crippen molar-refractivity contribution in [1.29, 1.82) is 0 Å². The van der Waals surface area contributed by atoms with E-state index in [2.05, 4.69) is 41.3 Å². The van der Waals surface area contributed by atoms with Gasteiger partial charge in [-0.2, -0.15) is 0 Å². The molecule has 0 amide bonds. The number of nitrogens with zero attached hydrogens (tertiary/aromatic N) is 1. The minimum absolute atomic E-state index is 0.0157. The molecule has 0 N–H and O–H groups in total. The first-order chi connectivity index (χ1) is 19.2. The molecule has 190 valence electrons. The van der Waals surface area contributed by atoms with Gasteiger partial charge >= 0.3 is 0 Å². The van der Waals surface area contributed by atoms with Gasteiger partial charge in [-0.3, -0.25) is 9.59 Å². The van der Waals surface area contributed by atoms with E-state index in [1.54, 1.807) is 0 Å². The van der Waals surface area contributed by atoms with Crippen LogP contribution >= 0.6 is 0 Å². The minimum atomic E-state index is -0.604. The van der Waals surface area contributed by atoms with Crippen molar-refractivity contribution in [3.05, 3.63) is 174 Å². The highest BCUT2D eigenvalue weighted by Gasteiger charge is 2.55. The van der Waals surface area contributed by atoms with Crippen molar-refractivity contribution in [3.63, 3.8) is 0 Å². The summed E-state index contributed by atoms with van der Waals surface area (Å²) in [6, 6.07) is 48.6. The Hall–Kier alpha value is -4.76. The largest absolute Gasteiger partial charge is 0.356 e. The number of hydrogen-bond acceptors (Lipinski definition) is 3. The van der Waals surface area contributed by atoms with Crippen LogP contribution in [0.2, 0.25) is 0 Å². The third-order valence-electron chi connectivity index (χ3n) is 7.73. The Kier molecular flexibility index (Phi) is 6.88. The van der Waals surface area contributed by atoms with Crippen LogP contribution in [-0.2, 0) is 0 Å². The van der Waals surface area contributed by atoms with Crippen molar-refractivity contribution >= 4 is 17.3 Å². The molecule has 1 aliphatic rings. The summed E-state index contributed by atoms with van der Waals surface area (Å²) in [6.45, 7) is 0. The van der Waals surface area contributed by atoms with Gasteiger partial charge < -0.3 is 4.90 Å². The quantitative estimate of drug-likeness (QED) is 0.210. The molecule has 39 heavy (non-hydrogen) atoms. The summed E-state index contributed by atoms with van der Waals surface area (Å²) in [5.74, 6) is -1.24. The SMILES string of the molecule is O=C(c1ccccc1)[C@H]1[C@H](C(=O)c2ccccc2)[C@H](c2ccccc2)N(c2ccccc2)[C@H]1c1ccccc1. The molecule has 5 aromatic carbocycles. The van der Waals surface area contributed by atoms with Crippen LogP contribution in [0, 0.1) is 11.8 Å². The van der Waals surface area contributed by atoms with E-state index in [-0.39, 0.29) is 23.7 Å². The van der Waals surface area contributed by atoms with Gasteiger partial charge in [-0.1, -0.05) is 140 Å². The van der Waals surface area contributed by atoms with E-state index in [4.69, 9.17) is 0 Å². The van der Waals surface area contributed by atoms with E-state index in [1.165, 1.54) is 0 Å². The molecule has 0 radical (unpaired) electrons. The normalized spacial score (nSPS) is 20.5. The van der Waals surface area contributed by atoms with Crippen molar-refractivity contribution in [3.8, 4) is 0 Å². The van der Waals surface area contributed by atoms with Gasteiger partial charge in [0, 0.05) is 16.8 Å². The van der Waals surface area contributed by atoms with Crippen LogP contribution in [0.25, 0.3) is 0 Å². The summed E-state index contributed by atoms with van der Waals surface area (Å²) in [5.41, 5.74) is 4.25. The number of benzene rings is 5. The number of ketones is 2. The summed E-state index contributed by atoms with van der Waals surface area (Å²) in [4.78, 5) is 31.4. The first-order valence-electron chi connectivity index (χ1n) is 13.4. The molecule has 3 heteroatoms. The van der Waals surface area contributed by atoms with E-state index in [0.717, 1.165) is 16.8 Å². The summed E-state index contributed by atoms with van der Waals surface area (Å²) in [7, 11) is 0. The van der Waals surface area contributed by atoms with Gasteiger partial charge in [-0.05, 0) is 23.3 Å². The molecule has 1 saturated heterocycles. The fourth-order valence-electron chi connectivity index (χ4n) is 6.07. The maximum absolute atomic E-state index is 14.6. The molecule has 0 aromatic heterocycles. The van der Waals surface area contributed by atoms with Crippen LogP contribution in [0.1, 0.15) is 43.9 Å². The summed E-state index contributed by atoms with van der Waals surface area (Å²) < 4.78 is 0. The Morgan fingerprint density at radius 3 is 1.08 bits per heavy atom. The second-order valence-corrected chi connectivity index (χ2v) is 9.97. The third kappa shape index (κ3) is 4.68. The Morgan fingerprint density at radius 1 is 0.410 bits per heavy atom. The summed E-state index contributed by atoms with van der Waals surface area (Å²) in [6.07, 6.45) is 0. The first-order valence-corrected chi connectivity index (χ1v) is 13.4. The number of hydrogen-bond donors (Lipinski definition) is 0. The highest BCUT2D eigenvalue weighted by Crippen LogP contribution is 2.55. The molecule has 5 aromatic rings. The van der Waals surface area contributed by atoms with Crippen LogP contribution in [0.4, 0.5) is 5.69 Å². The molecule has 1 aliphatic heterocycles. The maximum Gasteiger partial charge on any atom is 0.169 e. The second-order valence-electron chi connectivity index (χ2n) is 9.97. The molecule has 0 bridgehead atoms. The van der Waals surface area contributed by atoms with E-state index in [0.29, 0.717) is 11.1 Å². The van der Waals surface area contributed by atoms with Gasteiger partial charge in [0.2, 0.25) is 0 Å². The number of rotatable bonds is 7. The highest BCUT2D eigenvalue weighted by molar-refractivity contribution is 6.07. The number of carbonyl (C=O) groups excluding carboxylic acids is 2. The molecule has 3 nitrogen and oxygen atoms in total.